The van der Waals surface area contributed by atoms with E-state index in [1.165, 1.54) is 36.4 Å². The second kappa shape index (κ2) is 7.16. The Kier molecular flexibility index (Phi) is 5.22. The van der Waals surface area contributed by atoms with E-state index in [2.05, 4.69) is 14.8 Å². The van der Waals surface area contributed by atoms with Crippen molar-refractivity contribution in [2.75, 3.05) is 5.32 Å². The summed E-state index contributed by atoms with van der Waals surface area (Å²) in [6, 6.07) is 9.55. The Morgan fingerprint density at radius 3 is 2.25 bits per heavy atom. The van der Waals surface area contributed by atoms with Crippen LogP contribution in [0.25, 0.3) is 0 Å². The number of ether oxygens (including phenoxy) is 2. The van der Waals surface area contributed by atoms with Gasteiger partial charge in [0.25, 0.3) is 5.91 Å². The number of benzene rings is 2. The fraction of sp³-hybridized carbons (Fsp3) is 0.133. The molecule has 2 aromatic rings. The van der Waals surface area contributed by atoms with Crippen molar-refractivity contribution in [3.05, 3.63) is 54.1 Å². The van der Waals surface area contributed by atoms with Crippen molar-refractivity contribution in [2.24, 2.45) is 0 Å². The maximum Gasteiger partial charge on any atom is 0.573 e. The number of hydrogen-bond acceptors (Lipinski definition) is 3. The van der Waals surface area contributed by atoms with Gasteiger partial charge in [-0.15, -0.1) is 13.2 Å². The summed E-state index contributed by atoms with van der Waals surface area (Å²) >= 11 is 0. The third kappa shape index (κ3) is 5.41. The first-order valence-electron chi connectivity index (χ1n) is 6.45. The highest BCUT2D eigenvalue weighted by molar-refractivity contribution is 6.04. The van der Waals surface area contributed by atoms with Crippen LogP contribution in [0.2, 0.25) is 0 Å². The summed E-state index contributed by atoms with van der Waals surface area (Å²) in [5.74, 6) is -1.24. The molecule has 4 nitrogen and oxygen atoms in total. The highest BCUT2D eigenvalue weighted by Crippen LogP contribution is 2.25. The maximum atomic E-state index is 12.2. The summed E-state index contributed by atoms with van der Waals surface area (Å²) in [5, 5.41) is 2.37. The van der Waals surface area contributed by atoms with Crippen molar-refractivity contribution < 1.29 is 36.2 Å². The summed E-state index contributed by atoms with van der Waals surface area (Å²) < 4.78 is 68.4. The fourth-order valence-corrected chi connectivity index (χ4v) is 1.76. The number of carbonyl (C=O) groups excluding carboxylic acids is 1. The highest BCUT2D eigenvalue weighted by Gasteiger charge is 2.31. The molecule has 128 valence electrons. The molecule has 24 heavy (non-hydrogen) atoms. The molecule has 1 amide bonds. The lowest BCUT2D eigenvalue weighted by molar-refractivity contribution is -0.274. The molecule has 0 aliphatic rings. The van der Waals surface area contributed by atoms with E-state index >= 15 is 0 Å². The van der Waals surface area contributed by atoms with E-state index < -0.39 is 24.6 Å². The van der Waals surface area contributed by atoms with Crippen LogP contribution in [0.15, 0.2) is 48.5 Å². The van der Waals surface area contributed by atoms with Gasteiger partial charge in [-0.05, 0) is 36.4 Å². The monoisotopic (exact) mass is 347 g/mol. The van der Waals surface area contributed by atoms with Crippen molar-refractivity contribution in [2.45, 2.75) is 13.0 Å². The number of hydrogen-bond donors (Lipinski definition) is 1. The first kappa shape index (κ1) is 17.5. The van der Waals surface area contributed by atoms with Crippen LogP contribution in [-0.4, -0.2) is 18.9 Å². The zero-order chi connectivity index (χ0) is 17.7. The first-order chi connectivity index (χ1) is 11.2. The van der Waals surface area contributed by atoms with Gasteiger partial charge in [0, 0.05) is 17.3 Å². The topological polar surface area (TPSA) is 47.6 Å². The summed E-state index contributed by atoms with van der Waals surface area (Å²) in [6.45, 7) is -2.99. The third-order valence-electron chi connectivity index (χ3n) is 2.67. The lowest BCUT2D eigenvalue weighted by atomic mass is 10.2. The summed E-state index contributed by atoms with van der Waals surface area (Å²) in [7, 11) is 0. The predicted octanol–water partition coefficient (Wildman–Crippen LogP) is 4.44. The molecule has 0 atom stereocenters. The van der Waals surface area contributed by atoms with Crippen LogP contribution in [0.3, 0.4) is 0 Å². The predicted molar refractivity (Wildman–Crippen MR) is 74.2 cm³/mol. The molecule has 0 saturated heterocycles. The Labute approximate surface area is 132 Å². The first-order valence-corrected chi connectivity index (χ1v) is 6.45. The third-order valence-corrected chi connectivity index (χ3v) is 2.67. The van der Waals surface area contributed by atoms with Gasteiger partial charge in [-0.2, -0.15) is 8.78 Å². The van der Waals surface area contributed by atoms with Crippen LogP contribution < -0.4 is 14.8 Å². The van der Waals surface area contributed by atoms with E-state index in [9.17, 15) is 26.7 Å². The van der Waals surface area contributed by atoms with Gasteiger partial charge in [0.15, 0.2) is 0 Å². The number of rotatable bonds is 5. The largest absolute Gasteiger partial charge is 0.573 e. The smallest absolute Gasteiger partial charge is 0.435 e. The van der Waals surface area contributed by atoms with Gasteiger partial charge < -0.3 is 14.8 Å². The van der Waals surface area contributed by atoms with E-state index in [0.29, 0.717) is 0 Å². The molecule has 0 unspecified atom stereocenters. The van der Waals surface area contributed by atoms with Crippen molar-refractivity contribution in [3.63, 3.8) is 0 Å². The van der Waals surface area contributed by atoms with Crippen LogP contribution in [0, 0.1) is 0 Å². The summed E-state index contributed by atoms with van der Waals surface area (Å²) in [5.41, 5.74) is 0.188. The summed E-state index contributed by atoms with van der Waals surface area (Å²) in [6.07, 6.45) is -4.84. The van der Waals surface area contributed by atoms with Gasteiger partial charge in [-0.3, -0.25) is 4.79 Å². The van der Waals surface area contributed by atoms with E-state index in [-0.39, 0.29) is 17.0 Å². The van der Waals surface area contributed by atoms with Gasteiger partial charge in [0.1, 0.15) is 11.5 Å². The molecule has 0 radical (unpaired) electrons. The minimum Gasteiger partial charge on any atom is -0.435 e. The lowest BCUT2D eigenvalue weighted by Crippen LogP contribution is -2.17. The standard InChI is InChI=1S/C15H10F5NO3/c16-14(17)23-11-6-4-9(5-7-11)13(22)21-10-2-1-3-12(8-10)24-15(18,19)20/h1-8,14H,(H,21,22). The second-order valence-corrected chi connectivity index (χ2v) is 4.43. The molecule has 9 heteroatoms. The van der Waals surface area contributed by atoms with Gasteiger partial charge >= 0.3 is 13.0 Å². The van der Waals surface area contributed by atoms with E-state index in [1.807, 2.05) is 0 Å². The molecule has 0 bridgehead atoms. The van der Waals surface area contributed by atoms with Crippen molar-refractivity contribution in [3.8, 4) is 11.5 Å². The molecular formula is C15H10F5NO3. The Hall–Kier alpha value is -2.84. The average Bonchev–Trinajstić information content (AvgIpc) is 2.45. The molecule has 0 heterocycles. The number of halogens is 5. The van der Waals surface area contributed by atoms with Gasteiger partial charge in [0.2, 0.25) is 0 Å². The molecule has 0 aliphatic carbocycles. The normalized spacial score (nSPS) is 11.2. The van der Waals surface area contributed by atoms with Gasteiger partial charge in [-0.1, -0.05) is 6.07 Å². The van der Waals surface area contributed by atoms with Crippen molar-refractivity contribution in [1.82, 2.24) is 0 Å². The Morgan fingerprint density at radius 2 is 1.67 bits per heavy atom. The van der Waals surface area contributed by atoms with Crippen molar-refractivity contribution in [1.29, 1.82) is 0 Å². The minimum absolute atomic E-state index is 0.0784. The van der Waals surface area contributed by atoms with Crippen LogP contribution in [0.5, 0.6) is 11.5 Å². The molecule has 0 fully saturated rings. The SMILES string of the molecule is O=C(Nc1cccc(OC(F)(F)F)c1)c1ccc(OC(F)F)cc1. The fourth-order valence-electron chi connectivity index (χ4n) is 1.76. The van der Waals surface area contributed by atoms with Gasteiger partial charge in [0.05, 0.1) is 0 Å². The van der Waals surface area contributed by atoms with Crippen LogP contribution >= 0.6 is 0 Å². The Balaban J connectivity index is 2.05. The van der Waals surface area contributed by atoms with E-state index in [1.54, 1.807) is 0 Å². The average molecular weight is 347 g/mol. The van der Waals surface area contributed by atoms with Gasteiger partial charge in [-0.25, -0.2) is 0 Å². The molecule has 0 aromatic heterocycles. The number of nitrogens with one attached hydrogen (secondary N) is 1. The Morgan fingerprint density at radius 1 is 1.00 bits per heavy atom. The van der Waals surface area contributed by atoms with Crippen LogP contribution in [0.4, 0.5) is 27.6 Å². The zero-order valence-corrected chi connectivity index (χ0v) is 11.8. The lowest BCUT2D eigenvalue weighted by Gasteiger charge is -2.11. The quantitative estimate of drug-likeness (QED) is 0.814. The zero-order valence-electron chi connectivity index (χ0n) is 11.8. The molecule has 0 spiro atoms. The molecule has 1 N–H and O–H groups in total. The van der Waals surface area contributed by atoms with Crippen LogP contribution in [0.1, 0.15) is 10.4 Å². The summed E-state index contributed by atoms with van der Waals surface area (Å²) in [4.78, 5) is 12.0. The van der Waals surface area contributed by atoms with E-state index in [4.69, 9.17) is 0 Å². The highest BCUT2D eigenvalue weighted by atomic mass is 19.4. The van der Waals surface area contributed by atoms with Crippen molar-refractivity contribution >= 4 is 11.6 Å². The molecule has 2 aromatic carbocycles. The molecule has 0 saturated carbocycles. The number of carbonyl (C=O) groups is 1. The number of anilines is 1. The molecule has 0 aliphatic heterocycles. The molecule has 2 rings (SSSR count). The number of alkyl halides is 5. The van der Waals surface area contributed by atoms with E-state index in [0.717, 1.165) is 12.1 Å². The van der Waals surface area contributed by atoms with Crippen LogP contribution in [-0.2, 0) is 0 Å². The maximum absolute atomic E-state index is 12.2. The second-order valence-electron chi connectivity index (χ2n) is 4.43. The molecular weight excluding hydrogens is 337 g/mol. The minimum atomic E-state index is -4.84. The number of amides is 1. The Bertz CT molecular complexity index is 701.